The van der Waals surface area contributed by atoms with E-state index in [0.717, 1.165) is 0 Å². The molecule has 0 unspecified atom stereocenters. The van der Waals surface area contributed by atoms with Crippen LogP contribution in [0.25, 0.3) is 0 Å². The molecule has 0 bridgehead atoms. The summed E-state index contributed by atoms with van der Waals surface area (Å²) in [6.07, 6.45) is 12.5. The molecule has 1 aliphatic rings. The fraction of sp³-hybridized carbons (Fsp3) is 0.875. The Balaban J connectivity index is 0.000000640. The molecule has 9 heavy (non-hydrogen) atoms. The molecule has 0 aromatic heterocycles. The molecular formula is C8H15Zr-. The van der Waals surface area contributed by atoms with E-state index >= 15 is 0 Å². The van der Waals surface area contributed by atoms with Crippen LogP contribution in [0.3, 0.4) is 0 Å². The number of hydrogen-bond acceptors (Lipinski definition) is 0. The van der Waals surface area contributed by atoms with Gasteiger partial charge in [-0.2, -0.15) is 12.8 Å². The van der Waals surface area contributed by atoms with Gasteiger partial charge in [0.1, 0.15) is 0 Å². The first kappa shape index (κ1) is 9.88. The second-order valence-corrected chi connectivity index (χ2v) is 2.63. The fourth-order valence-electron chi connectivity index (χ4n) is 1.25. The van der Waals surface area contributed by atoms with Crippen LogP contribution in [0.15, 0.2) is 0 Å². The zero-order valence-corrected chi connectivity index (χ0v) is 8.49. The minimum atomic E-state index is 0. The second kappa shape index (κ2) is 7.00. The van der Waals surface area contributed by atoms with E-state index in [4.69, 9.17) is 0 Å². The maximum absolute atomic E-state index is 2.44. The quantitative estimate of drug-likeness (QED) is 0.530. The van der Waals surface area contributed by atoms with Gasteiger partial charge >= 0.3 is 0 Å². The van der Waals surface area contributed by atoms with Crippen molar-refractivity contribution in [2.24, 2.45) is 0 Å². The third-order valence-electron chi connectivity index (χ3n) is 1.82. The van der Waals surface area contributed by atoms with E-state index in [2.05, 4.69) is 6.42 Å². The van der Waals surface area contributed by atoms with Gasteiger partial charge < -0.3 is 6.42 Å². The summed E-state index contributed by atoms with van der Waals surface area (Å²) in [5, 5.41) is 0. The summed E-state index contributed by atoms with van der Waals surface area (Å²) in [6.45, 7) is 0. The summed E-state index contributed by atoms with van der Waals surface area (Å²) in [5.74, 6) is 0. The minimum absolute atomic E-state index is 0. The van der Waals surface area contributed by atoms with Crippen molar-refractivity contribution in [2.45, 2.75) is 44.9 Å². The monoisotopic (exact) mass is 201 g/mol. The van der Waals surface area contributed by atoms with Crippen LogP contribution in [0.4, 0.5) is 0 Å². The largest absolute Gasteiger partial charge is 0.328 e. The van der Waals surface area contributed by atoms with Crippen molar-refractivity contribution in [3.05, 3.63) is 6.42 Å². The Morgan fingerprint density at radius 1 is 0.667 bits per heavy atom. The van der Waals surface area contributed by atoms with Crippen molar-refractivity contribution in [2.75, 3.05) is 0 Å². The molecule has 0 nitrogen and oxygen atoms in total. The molecule has 0 aromatic carbocycles. The summed E-state index contributed by atoms with van der Waals surface area (Å²) >= 11 is 0. The van der Waals surface area contributed by atoms with Crippen LogP contribution in [-0.4, -0.2) is 0 Å². The van der Waals surface area contributed by atoms with Crippen LogP contribution in [0.5, 0.6) is 0 Å². The molecule has 52 valence electrons. The second-order valence-electron chi connectivity index (χ2n) is 2.63. The average molecular weight is 202 g/mol. The SMILES string of the molecule is [CH-]1CCCCCCC1.[Zr]. The van der Waals surface area contributed by atoms with Gasteiger partial charge in [0.15, 0.2) is 0 Å². The smallest absolute Gasteiger partial charge is 0 e. The molecule has 0 spiro atoms. The van der Waals surface area contributed by atoms with Crippen molar-refractivity contribution in [1.82, 2.24) is 0 Å². The van der Waals surface area contributed by atoms with E-state index in [1.165, 1.54) is 44.9 Å². The molecule has 0 amide bonds. The van der Waals surface area contributed by atoms with E-state index in [-0.39, 0.29) is 26.2 Å². The van der Waals surface area contributed by atoms with Gasteiger partial charge in [-0.3, -0.25) is 0 Å². The topological polar surface area (TPSA) is 0 Å². The molecule has 1 saturated carbocycles. The molecule has 1 fully saturated rings. The summed E-state index contributed by atoms with van der Waals surface area (Å²) < 4.78 is 0. The Morgan fingerprint density at radius 3 is 1.67 bits per heavy atom. The maximum Gasteiger partial charge on any atom is 0 e. The molecule has 0 aromatic rings. The van der Waals surface area contributed by atoms with E-state index in [9.17, 15) is 0 Å². The van der Waals surface area contributed by atoms with E-state index in [0.29, 0.717) is 0 Å². The normalized spacial score (nSPS) is 21.3. The van der Waals surface area contributed by atoms with Crippen molar-refractivity contribution in [1.29, 1.82) is 0 Å². The Labute approximate surface area is 77.5 Å². The van der Waals surface area contributed by atoms with Crippen molar-refractivity contribution >= 4 is 0 Å². The van der Waals surface area contributed by atoms with Gasteiger partial charge in [-0.25, -0.2) is 0 Å². The molecule has 1 heteroatoms. The van der Waals surface area contributed by atoms with Gasteiger partial charge in [0.2, 0.25) is 0 Å². The van der Waals surface area contributed by atoms with Crippen molar-refractivity contribution < 1.29 is 26.2 Å². The van der Waals surface area contributed by atoms with Crippen LogP contribution in [0.2, 0.25) is 0 Å². The van der Waals surface area contributed by atoms with Crippen LogP contribution < -0.4 is 0 Å². The Hall–Kier alpha value is 0.883. The third kappa shape index (κ3) is 5.33. The predicted octanol–water partition coefficient (Wildman–Crippen LogP) is 2.93. The molecule has 0 radical (unpaired) electrons. The molecule has 0 saturated heterocycles. The first-order valence-corrected chi connectivity index (χ1v) is 3.82. The molecule has 0 N–H and O–H groups in total. The number of hydrogen-bond donors (Lipinski definition) is 0. The van der Waals surface area contributed by atoms with Crippen molar-refractivity contribution in [3.63, 3.8) is 0 Å². The summed E-state index contributed by atoms with van der Waals surface area (Å²) in [6, 6.07) is 0. The first-order chi connectivity index (χ1) is 4.00. The zero-order chi connectivity index (χ0) is 5.66. The van der Waals surface area contributed by atoms with Crippen LogP contribution in [0, 0.1) is 6.42 Å². The Bertz CT molecular complexity index is 28.5. The van der Waals surface area contributed by atoms with Gasteiger partial charge in [-0.15, -0.1) is 0 Å². The van der Waals surface area contributed by atoms with Gasteiger partial charge in [0, 0.05) is 26.2 Å². The Morgan fingerprint density at radius 2 is 1.11 bits per heavy atom. The molecule has 1 rings (SSSR count). The first-order valence-electron chi connectivity index (χ1n) is 3.82. The van der Waals surface area contributed by atoms with E-state index in [1.54, 1.807) is 0 Å². The predicted molar refractivity (Wildman–Crippen MR) is 36.6 cm³/mol. The molecule has 1 aliphatic carbocycles. The summed E-state index contributed by atoms with van der Waals surface area (Å²) in [5.41, 5.74) is 0. The van der Waals surface area contributed by atoms with Crippen LogP contribution >= 0.6 is 0 Å². The number of rotatable bonds is 0. The van der Waals surface area contributed by atoms with Gasteiger partial charge in [0.25, 0.3) is 0 Å². The minimum Gasteiger partial charge on any atom is -0.328 e. The standard InChI is InChI=1S/C8H15.Zr/c1-2-4-6-8-7-5-3-1;/h1H,2-8H2;/q-1;. The maximum atomic E-state index is 2.44. The third-order valence-corrected chi connectivity index (χ3v) is 1.82. The zero-order valence-electron chi connectivity index (χ0n) is 6.03. The van der Waals surface area contributed by atoms with Gasteiger partial charge in [-0.05, 0) is 0 Å². The average Bonchev–Trinajstić information content (AvgIpc) is 1.62. The van der Waals surface area contributed by atoms with E-state index < -0.39 is 0 Å². The van der Waals surface area contributed by atoms with E-state index in [1.807, 2.05) is 0 Å². The van der Waals surface area contributed by atoms with Crippen LogP contribution in [0.1, 0.15) is 44.9 Å². The summed E-state index contributed by atoms with van der Waals surface area (Å²) in [7, 11) is 0. The molecular weight excluding hydrogens is 187 g/mol. The molecule has 0 heterocycles. The van der Waals surface area contributed by atoms with Gasteiger partial charge in [-0.1, -0.05) is 32.1 Å². The molecule has 0 aliphatic heterocycles. The van der Waals surface area contributed by atoms with Crippen LogP contribution in [-0.2, 0) is 26.2 Å². The Kier molecular flexibility index (Phi) is 7.68. The van der Waals surface area contributed by atoms with Gasteiger partial charge in [0.05, 0.1) is 0 Å². The fourth-order valence-corrected chi connectivity index (χ4v) is 1.25. The molecule has 0 atom stereocenters. The van der Waals surface area contributed by atoms with Crippen molar-refractivity contribution in [3.8, 4) is 0 Å². The summed E-state index contributed by atoms with van der Waals surface area (Å²) in [4.78, 5) is 0.